The number of hydrogen-bond acceptors (Lipinski definition) is 4. The molecule has 1 N–H and O–H groups in total. The quantitative estimate of drug-likeness (QED) is 0.611. The minimum Gasteiger partial charge on any atom is -0.284 e. The zero-order chi connectivity index (χ0) is 21.1. The van der Waals surface area contributed by atoms with Gasteiger partial charge >= 0.3 is 0 Å². The molecule has 0 unspecified atom stereocenters. The lowest BCUT2D eigenvalue weighted by Crippen LogP contribution is -2.46. The van der Waals surface area contributed by atoms with Crippen LogP contribution in [0.5, 0.6) is 0 Å². The monoisotopic (exact) mass is 488 g/mol. The zero-order valence-electron chi connectivity index (χ0n) is 17.0. The van der Waals surface area contributed by atoms with Gasteiger partial charge in [0, 0.05) is 23.5 Å². The van der Waals surface area contributed by atoms with Crippen LogP contribution in [-0.4, -0.2) is 29.7 Å². The molecule has 0 radical (unpaired) electrons. The molecule has 0 spiro atoms. The topological polar surface area (TPSA) is 47.9 Å². The largest absolute Gasteiger partial charge is 0.284 e. The maximum Gasteiger partial charge on any atom is 0.282 e. The molecule has 4 rings (SSSR count). The van der Waals surface area contributed by atoms with Crippen LogP contribution in [0.3, 0.4) is 0 Å². The van der Waals surface area contributed by atoms with Crippen molar-refractivity contribution in [3.8, 4) is 0 Å². The molecule has 158 valence electrons. The van der Waals surface area contributed by atoms with E-state index in [4.69, 9.17) is 16.7 Å². The number of carbonyl (C=O) groups is 1. The van der Waals surface area contributed by atoms with Crippen LogP contribution in [0.2, 0.25) is 5.02 Å². The Balaban J connectivity index is 1.65. The van der Waals surface area contributed by atoms with E-state index in [-0.39, 0.29) is 17.9 Å². The Labute approximate surface area is 191 Å². The average Bonchev–Trinajstić information content (AvgIpc) is 2.89. The minimum absolute atomic E-state index is 0.0885. The van der Waals surface area contributed by atoms with Crippen LogP contribution >= 0.6 is 27.5 Å². The van der Waals surface area contributed by atoms with Crippen LogP contribution in [-0.2, 0) is 4.79 Å². The Morgan fingerprint density at radius 3 is 2.40 bits per heavy atom. The third-order valence-corrected chi connectivity index (χ3v) is 6.64. The number of para-hydroxylation sites is 1. The van der Waals surface area contributed by atoms with E-state index in [1.165, 1.54) is 12.8 Å². The van der Waals surface area contributed by atoms with Crippen molar-refractivity contribution in [3.05, 3.63) is 63.6 Å². The van der Waals surface area contributed by atoms with Gasteiger partial charge < -0.3 is 0 Å². The number of benzene rings is 2. The molecule has 2 aliphatic rings. The molecule has 0 saturated carbocycles. The van der Waals surface area contributed by atoms with Crippen LogP contribution in [0.4, 0.5) is 5.69 Å². The van der Waals surface area contributed by atoms with Crippen LogP contribution in [0, 0.1) is 5.92 Å². The molecule has 0 aliphatic carbocycles. The highest BCUT2D eigenvalue weighted by molar-refractivity contribution is 9.10. The summed E-state index contributed by atoms with van der Waals surface area (Å²) in [5.74, 6) is -0.213. The summed E-state index contributed by atoms with van der Waals surface area (Å²) in [7, 11) is 0. The SMILES string of the molecule is C[C@H]1C(C(=O)NN2CCCCCC2)=NN(c2ccccc2Cl)[C@H]1c1ccc(Br)cc1. The van der Waals surface area contributed by atoms with Crippen LogP contribution < -0.4 is 10.4 Å². The summed E-state index contributed by atoms with van der Waals surface area (Å²) in [6.45, 7) is 3.83. The second-order valence-corrected chi connectivity index (χ2v) is 9.23. The van der Waals surface area contributed by atoms with Gasteiger partial charge in [-0.05, 0) is 42.7 Å². The molecule has 0 bridgehead atoms. The molecule has 2 atom stereocenters. The van der Waals surface area contributed by atoms with E-state index in [1.54, 1.807) is 0 Å². The van der Waals surface area contributed by atoms with Gasteiger partial charge in [0.15, 0.2) is 0 Å². The molecule has 7 heteroatoms. The first-order chi connectivity index (χ1) is 14.5. The number of halogens is 2. The van der Waals surface area contributed by atoms with Crippen molar-refractivity contribution in [1.29, 1.82) is 0 Å². The van der Waals surface area contributed by atoms with Crippen LogP contribution in [0.15, 0.2) is 58.1 Å². The third-order valence-electron chi connectivity index (χ3n) is 5.79. The molecule has 2 heterocycles. The fourth-order valence-corrected chi connectivity index (χ4v) is 4.68. The highest BCUT2D eigenvalue weighted by Gasteiger charge is 2.40. The van der Waals surface area contributed by atoms with Crippen molar-refractivity contribution in [3.63, 3.8) is 0 Å². The second kappa shape index (κ2) is 9.50. The minimum atomic E-state index is -0.124. The predicted octanol–water partition coefficient (Wildman–Crippen LogP) is 5.56. The molecule has 1 saturated heterocycles. The Kier molecular flexibility index (Phi) is 6.76. The maximum atomic E-state index is 13.2. The first-order valence-corrected chi connectivity index (χ1v) is 11.7. The van der Waals surface area contributed by atoms with Gasteiger partial charge in [0.1, 0.15) is 5.71 Å². The summed E-state index contributed by atoms with van der Waals surface area (Å²) >= 11 is 10.0. The molecule has 30 heavy (non-hydrogen) atoms. The van der Waals surface area contributed by atoms with E-state index in [0.717, 1.165) is 41.7 Å². The van der Waals surface area contributed by atoms with Crippen molar-refractivity contribution in [2.24, 2.45) is 11.0 Å². The molecule has 5 nitrogen and oxygen atoms in total. The summed E-state index contributed by atoms with van der Waals surface area (Å²) in [5.41, 5.74) is 5.52. The van der Waals surface area contributed by atoms with Crippen LogP contribution in [0.1, 0.15) is 44.2 Å². The van der Waals surface area contributed by atoms with Crippen LogP contribution in [0.25, 0.3) is 0 Å². The first-order valence-electron chi connectivity index (χ1n) is 10.5. The number of carbonyl (C=O) groups excluding carboxylic acids is 1. The summed E-state index contributed by atoms with van der Waals surface area (Å²) in [6, 6.07) is 15.7. The average molecular weight is 490 g/mol. The fourth-order valence-electron chi connectivity index (χ4n) is 4.20. The third kappa shape index (κ3) is 4.56. The Bertz CT molecular complexity index is 925. The smallest absolute Gasteiger partial charge is 0.282 e. The summed E-state index contributed by atoms with van der Waals surface area (Å²) in [6.07, 6.45) is 4.65. The number of amides is 1. The number of hydrazine groups is 1. The molecule has 2 aliphatic heterocycles. The van der Waals surface area contributed by atoms with Gasteiger partial charge in [-0.25, -0.2) is 5.01 Å². The Morgan fingerprint density at radius 2 is 1.73 bits per heavy atom. The normalized spacial score (nSPS) is 22.5. The predicted molar refractivity (Wildman–Crippen MR) is 126 cm³/mol. The fraction of sp³-hybridized carbons (Fsp3) is 0.391. The van der Waals surface area contributed by atoms with E-state index in [9.17, 15) is 4.79 Å². The summed E-state index contributed by atoms with van der Waals surface area (Å²) < 4.78 is 1.02. The van der Waals surface area contributed by atoms with Gasteiger partial charge in [-0.1, -0.05) is 71.6 Å². The van der Waals surface area contributed by atoms with Crippen molar-refractivity contribution in [2.45, 2.75) is 38.6 Å². The van der Waals surface area contributed by atoms with Crippen molar-refractivity contribution in [2.75, 3.05) is 18.1 Å². The second-order valence-electron chi connectivity index (χ2n) is 7.91. The van der Waals surface area contributed by atoms with E-state index in [2.05, 4.69) is 40.4 Å². The van der Waals surface area contributed by atoms with E-state index < -0.39 is 0 Å². The zero-order valence-corrected chi connectivity index (χ0v) is 19.4. The highest BCUT2D eigenvalue weighted by atomic mass is 79.9. The number of nitrogens with one attached hydrogen (secondary N) is 1. The molecule has 0 aromatic heterocycles. The molecule has 2 aromatic rings. The molecular formula is C23H26BrClN4O. The van der Waals surface area contributed by atoms with Gasteiger partial charge in [-0.3, -0.25) is 15.2 Å². The maximum absolute atomic E-state index is 13.2. The molecule has 2 aromatic carbocycles. The van der Waals surface area contributed by atoms with E-state index >= 15 is 0 Å². The number of hydrazone groups is 1. The molecule has 1 amide bonds. The van der Waals surface area contributed by atoms with Gasteiger partial charge in [0.2, 0.25) is 0 Å². The highest BCUT2D eigenvalue weighted by Crippen LogP contribution is 2.41. The Morgan fingerprint density at radius 1 is 1.07 bits per heavy atom. The van der Waals surface area contributed by atoms with Gasteiger partial charge in [0.25, 0.3) is 5.91 Å². The molecule has 1 fully saturated rings. The first kappa shape index (κ1) is 21.3. The van der Waals surface area contributed by atoms with E-state index in [1.807, 2.05) is 46.4 Å². The Hall–Kier alpha value is -1.89. The summed E-state index contributed by atoms with van der Waals surface area (Å²) in [4.78, 5) is 13.2. The van der Waals surface area contributed by atoms with Gasteiger partial charge in [-0.2, -0.15) is 5.10 Å². The number of anilines is 1. The standard InChI is InChI=1S/C23H26BrClN4O/c1-16-21(23(30)27-28-14-6-2-3-7-15-28)26-29(20-9-5-4-8-19(20)25)22(16)17-10-12-18(24)13-11-17/h4-5,8-13,16,22H,2-3,6-7,14-15H2,1H3,(H,27,30)/t16-,22+/m0/s1. The van der Waals surface area contributed by atoms with Gasteiger partial charge in [-0.15, -0.1) is 0 Å². The number of rotatable bonds is 4. The lowest BCUT2D eigenvalue weighted by atomic mass is 9.91. The van der Waals surface area contributed by atoms with Crippen molar-refractivity contribution in [1.82, 2.24) is 10.4 Å². The van der Waals surface area contributed by atoms with Gasteiger partial charge in [0.05, 0.1) is 16.8 Å². The summed E-state index contributed by atoms with van der Waals surface area (Å²) in [5, 5.41) is 9.34. The number of hydrogen-bond donors (Lipinski definition) is 1. The number of nitrogens with zero attached hydrogens (tertiary/aromatic N) is 3. The van der Waals surface area contributed by atoms with E-state index in [0.29, 0.717) is 10.7 Å². The lowest BCUT2D eigenvalue weighted by Gasteiger charge is -2.27. The molecular weight excluding hydrogens is 464 g/mol. The van der Waals surface area contributed by atoms with Crippen molar-refractivity contribution < 1.29 is 4.79 Å². The lowest BCUT2D eigenvalue weighted by molar-refractivity contribution is -0.119. The van der Waals surface area contributed by atoms with Crippen molar-refractivity contribution >= 4 is 44.8 Å².